The molecule has 0 fully saturated rings. The van der Waals surface area contributed by atoms with E-state index < -0.39 is 0 Å². The van der Waals surface area contributed by atoms with Gasteiger partial charge in [-0.25, -0.2) is 4.98 Å². The van der Waals surface area contributed by atoms with Crippen LogP contribution >= 0.6 is 11.3 Å². The molecule has 102 valence electrons. The second-order valence-electron chi connectivity index (χ2n) is 4.14. The summed E-state index contributed by atoms with van der Waals surface area (Å²) in [5.74, 6) is 1.65. The van der Waals surface area contributed by atoms with Crippen LogP contribution in [0.25, 0.3) is 0 Å². The summed E-state index contributed by atoms with van der Waals surface area (Å²) in [6, 6.07) is 5.86. The fraction of sp³-hybridized carbons (Fsp3) is 0.357. The molecule has 1 N–H and O–H groups in total. The fourth-order valence-corrected chi connectivity index (χ4v) is 2.55. The first-order chi connectivity index (χ1) is 9.24. The third-order valence-electron chi connectivity index (χ3n) is 2.94. The van der Waals surface area contributed by atoms with Crippen molar-refractivity contribution < 1.29 is 9.47 Å². The van der Waals surface area contributed by atoms with E-state index >= 15 is 0 Å². The van der Waals surface area contributed by atoms with Gasteiger partial charge in [0, 0.05) is 29.6 Å². The van der Waals surface area contributed by atoms with Crippen LogP contribution in [0.1, 0.15) is 16.1 Å². The minimum Gasteiger partial charge on any atom is -0.497 e. The monoisotopic (exact) mass is 278 g/mol. The number of hydrogen-bond acceptors (Lipinski definition) is 5. The van der Waals surface area contributed by atoms with Gasteiger partial charge in [-0.1, -0.05) is 6.07 Å². The van der Waals surface area contributed by atoms with Crippen LogP contribution in [-0.4, -0.2) is 19.2 Å². The highest BCUT2D eigenvalue weighted by Gasteiger charge is 2.06. The standard InChI is InChI=1S/C14H18N2O2S/c1-10-14(19-9-16-10)8-15-7-11-4-5-12(17-2)6-13(11)18-3/h4-6,9,15H,7-8H2,1-3H3. The van der Waals surface area contributed by atoms with Crippen LogP contribution in [0.4, 0.5) is 0 Å². The van der Waals surface area contributed by atoms with Gasteiger partial charge in [0.05, 0.1) is 25.4 Å². The number of benzene rings is 1. The predicted octanol–water partition coefficient (Wildman–Crippen LogP) is 2.76. The highest BCUT2D eigenvalue weighted by Crippen LogP contribution is 2.24. The average Bonchev–Trinajstić information content (AvgIpc) is 2.84. The molecule has 0 saturated heterocycles. The summed E-state index contributed by atoms with van der Waals surface area (Å²) in [7, 11) is 3.32. The largest absolute Gasteiger partial charge is 0.497 e. The molecule has 0 saturated carbocycles. The number of aryl methyl sites for hydroxylation is 1. The SMILES string of the molecule is COc1ccc(CNCc2scnc2C)c(OC)c1. The molecule has 2 aromatic rings. The lowest BCUT2D eigenvalue weighted by Crippen LogP contribution is -2.13. The van der Waals surface area contributed by atoms with E-state index in [1.54, 1.807) is 25.6 Å². The number of methoxy groups -OCH3 is 2. The average molecular weight is 278 g/mol. The van der Waals surface area contributed by atoms with Crippen molar-refractivity contribution in [2.45, 2.75) is 20.0 Å². The summed E-state index contributed by atoms with van der Waals surface area (Å²) in [5, 5.41) is 3.41. The van der Waals surface area contributed by atoms with Gasteiger partial charge in [0.2, 0.25) is 0 Å². The van der Waals surface area contributed by atoms with Crippen LogP contribution in [0, 0.1) is 6.92 Å². The van der Waals surface area contributed by atoms with Crippen LogP contribution in [0.15, 0.2) is 23.7 Å². The molecule has 0 amide bonds. The van der Waals surface area contributed by atoms with Crippen LogP contribution in [0.3, 0.4) is 0 Å². The first kappa shape index (κ1) is 13.8. The van der Waals surface area contributed by atoms with E-state index in [4.69, 9.17) is 9.47 Å². The van der Waals surface area contributed by atoms with Crippen molar-refractivity contribution >= 4 is 11.3 Å². The molecule has 1 heterocycles. The first-order valence-electron chi connectivity index (χ1n) is 6.05. The Morgan fingerprint density at radius 3 is 2.68 bits per heavy atom. The summed E-state index contributed by atoms with van der Waals surface area (Å²) in [6.45, 7) is 3.61. The third kappa shape index (κ3) is 3.45. The predicted molar refractivity (Wildman–Crippen MR) is 76.9 cm³/mol. The Morgan fingerprint density at radius 2 is 2.05 bits per heavy atom. The molecule has 5 heteroatoms. The molecule has 0 bridgehead atoms. The molecular formula is C14H18N2O2S. The van der Waals surface area contributed by atoms with Crippen molar-refractivity contribution in [2.75, 3.05) is 14.2 Å². The molecule has 4 nitrogen and oxygen atoms in total. The van der Waals surface area contributed by atoms with Gasteiger partial charge < -0.3 is 14.8 Å². The lowest BCUT2D eigenvalue weighted by molar-refractivity contribution is 0.390. The molecule has 1 aromatic carbocycles. The van der Waals surface area contributed by atoms with Crippen molar-refractivity contribution in [3.8, 4) is 11.5 Å². The second-order valence-corrected chi connectivity index (χ2v) is 5.08. The van der Waals surface area contributed by atoms with Crippen LogP contribution in [0.2, 0.25) is 0 Å². The Morgan fingerprint density at radius 1 is 1.21 bits per heavy atom. The lowest BCUT2D eigenvalue weighted by atomic mass is 10.2. The quantitative estimate of drug-likeness (QED) is 0.882. The normalized spacial score (nSPS) is 10.5. The maximum absolute atomic E-state index is 5.37. The van der Waals surface area contributed by atoms with E-state index in [0.29, 0.717) is 0 Å². The molecular weight excluding hydrogens is 260 g/mol. The summed E-state index contributed by atoms with van der Waals surface area (Å²) >= 11 is 1.68. The maximum atomic E-state index is 5.37. The molecule has 0 radical (unpaired) electrons. The lowest BCUT2D eigenvalue weighted by Gasteiger charge is -2.11. The van der Waals surface area contributed by atoms with Crippen LogP contribution in [0.5, 0.6) is 11.5 Å². The topological polar surface area (TPSA) is 43.4 Å². The summed E-state index contributed by atoms with van der Waals surface area (Å²) in [6.07, 6.45) is 0. The van der Waals surface area contributed by atoms with Gasteiger partial charge in [-0.05, 0) is 13.0 Å². The molecule has 0 aliphatic carbocycles. The zero-order valence-electron chi connectivity index (χ0n) is 11.4. The Kier molecular flexibility index (Phi) is 4.76. The van der Waals surface area contributed by atoms with Gasteiger partial charge in [-0.2, -0.15) is 0 Å². The van der Waals surface area contributed by atoms with E-state index in [0.717, 1.165) is 35.8 Å². The number of rotatable bonds is 6. The second kappa shape index (κ2) is 6.54. The Hall–Kier alpha value is -1.59. The molecule has 0 spiro atoms. The zero-order chi connectivity index (χ0) is 13.7. The number of thiazole rings is 1. The van der Waals surface area contributed by atoms with Gasteiger partial charge >= 0.3 is 0 Å². The number of nitrogens with zero attached hydrogens (tertiary/aromatic N) is 1. The van der Waals surface area contributed by atoms with Crippen LogP contribution in [-0.2, 0) is 13.1 Å². The minimum atomic E-state index is 0.754. The van der Waals surface area contributed by atoms with E-state index in [1.807, 2.05) is 30.6 Å². The van der Waals surface area contributed by atoms with E-state index in [2.05, 4.69) is 10.3 Å². The van der Waals surface area contributed by atoms with E-state index in [9.17, 15) is 0 Å². The number of nitrogens with one attached hydrogen (secondary N) is 1. The summed E-state index contributed by atoms with van der Waals surface area (Å²) in [4.78, 5) is 5.51. The number of ether oxygens (including phenoxy) is 2. The van der Waals surface area contributed by atoms with Gasteiger partial charge in [0.25, 0.3) is 0 Å². The highest BCUT2D eigenvalue weighted by atomic mass is 32.1. The molecule has 0 atom stereocenters. The number of aromatic nitrogens is 1. The maximum Gasteiger partial charge on any atom is 0.127 e. The Labute approximate surface area is 117 Å². The van der Waals surface area contributed by atoms with Gasteiger partial charge in [0.1, 0.15) is 11.5 Å². The molecule has 2 rings (SSSR count). The first-order valence-corrected chi connectivity index (χ1v) is 6.93. The highest BCUT2D eigenvalue weighted by molar-refractivity contribution is 7.09. The number of hydrogen-bond donors (Lipinski definition) is 1. The van der Waals surface area contributed by atoms with Crippen molar-refractivity contribution in [1.82, 2.24) is 10.3 Å². The fourth-order valence-electron chi connectivity index (χ4n) is 1.80. The Balaban J connectivity index is 1.97. The Bertz CT molecular complexity index is 540. The molecule has 1 aromatic heterocycles. The smallest absolute Gasteiger partial charge is 0.127 e. The van der Waals surface area contributed by atoms with Crippen molar-refractivity contribution in [2.24, 2.45) is 0 Å². The van der Waals surface area contributed by atoms with Gasteiger partial charge in [-0.15, -0.1) is 11.3 Å². The molecule has 0 aliphatic heterocycles. The van der Waals surface area contributed by atoms with Crippen molar-refractivity contribution in [1.29, 1.82) is 0 Å². The summed E-state index contributed by atoms with van der Waals surface area (Å²) in [5.41, 5.74) is 4.09. The van der Waals surface area contributed by atoms with Crippen molar-refractivity contribution in [3.63, 3.8) is 0 Å². The molecule has 0 unspecified atom stereocenters. The van der Waals surface area contributed by atoms with Crippen molar-refractivity contribution in [3.05, 3.63) is 39.8 Å². The summed E-state index contributed by atoms with van der Waals surface area (Å²) < 4.78 is 10.6. The van der Waals surface area contributed by atoms with E-state index in [-0.39, 0.29) is 0 Å². The van der Waals surface area contributed by atoms with Gasteiger partial charge in [0.15, 0.2) is 0 Å². The molecule has 19 heavy (non-hydrogen) atoms. The zero-order valence-corrected chi connectivity index (χ0v) is 12.2. The molecule has 0 aliphatic rings. The van der Waals surface area contributed by atoms with E-state index in [1.165, 1.54) is 4.88 Å². The minimum absolute atomic E-state index is 0.754. The third-order valence-corrected chi connectivity index (χ3v) is 3.88. The van der Waals surface area contributed by atoms with Crippen LogP contribution < -0.4 is 14.8 Å². The van der Waals surface area contributed by atoms with Gasteiger partial charge in [-0.3, -0.25) is 0 Å².